The molecule has 0 spiro atoms. The Bertz CT molecular complexity index is 907. The predicted octanol–water partition coefficient (Wildman–Crippen LogP) is 5.97. The summed E-state index contributed by atoms with van der Waals surface area (Å²) >= 11 is 0. The average molecular weight is 470 g/mol. The molecule has 12 heteroatoms. The zero-order valence-corrected chi connectivity index (χ0v) is 17.4. The van der Waals surface area contributed by atoms with Crippen LogP contribution in [-0.2, 0) is 43.3 Å². The fourth-order valence-electron chi connectivity index (χ4n) is 2.79. The van der Waals surface area contributed by atoms with Crippen molar-refractivity contribution >= 4 is 15.2 Å². The first-order valence-electron chi connectivity index (χ1n) is 8.81. The summed E-state index contributed by atoms with van der Waals surface area (Å²) in [5, 5.41) is 0. The molecule has 6 nitrogen and oxygen atoms in total. The van der Waals surface area contributed by atoms with Crippen molar-refractivity contribution in [3.8, 4) is 0 Å². The fraction of sp³-hybridized carbons (Fsp3) is 0.333. The lowest BCUT2D eigenvalue weighted by Crippen LogP contribution is -2.13. The van der Waals surface area contributed by atoms with Crippen molar-refractivity contribution in [3.63, 3.8) is 0 Å². The molecule has 0 fully saturated rings. The Morgan fingerprint density at radius 2 is 1.17 bits per heavy atom. The maximum absolute atomic E-state index is 13.6. The van der Waals surface area contributed by atoms with Crippen LogP contribution in [0.15, 0.2) is 48.5 Å². The van der Waals surface area contributed by atoms with E-state index in [1.807, 2.05) is 0 Å². The second-order valence-electron chi connectivity index (χ2n) is 6.71. The number of alkyl halides is 2. The minimum absolute atomic E-state index is 0.379. The summed E-state index contributed by atoms with van der Waals surface area (Å²) in [6.45, 7) is 0. The van der Waals surface area contributed by atoms with Gasteiger partial charge in [0, 0.05) is 5.56 Å². The van der Waals surface area contributed by atoms with Gasteiger partial charge in [0.2, 0.25) is 0 Å². The lowest BCUT2D eigenvalue weighted by atomic mass is 10.0. The van der Waals surface area contributed by atoms with Crippen molar-refractivity contribution in [2.24, 2.45) is 0 Å². The number of benzene rings is 2. The van der Waals surface area contributed by atoms with E-state index >= 15 is 0 Å². The smallest absolute Gasteiger partial charge is 0.320 e. The largest absolute Gasteiger partial charge is 0.399 e. The van der Waals surface area contributed by atoms with Gasteiger partial charge in [-0.15, -0.1) is 9.46 Å². The Balaban J connectivity index is 1.83. The van der Waals surface area contributed by atoms with Gasteiger partial charge in [0.25, 0.3) is 0 Å². The van der Waals surface area contributed by atoms with E-state index < -0.39 is 32.6 Å². The van der Waals surface area contributed by atoms with Crippen molar-refractivity contribution in [3.05, 3.63) is 70.8 Å². The monoisotopic (exact) mass is 470 g/mol. The number of rotatable bonds is 11. The normalized spacial score (nSPS) is 12.9. The minimum Gasteiger partial charge on any atom is -0.320 e. The molecule has 30 heavy (non-hydrogen) atoms. The predicted molar refractivity (Wildman–Crippen MR) is 101 cm³/mol. The van der Waals surface area contributed by atoms with Crippen LogP contribution in [0.25, 0.3) is 0 Å². The van der Waals surface area contributed by atoms with E-state index in [0.29, 0.717) is 18.4 Å². The van der Waals surface area contributed by atoms with Crippen LogP contribution in [-0.4, -0.2) is 9.79 Å². The van der Waals surface area contributed by atoms with Crippen LogP contribution in [0.1, 0.15) is 35.1 Å². The third kappa shape index (κ3) is 6.48. The SMILES string of the molecule is O=P(Cc1ccc(CCCCc2ccc(C(F)(F)P(=O)(O)O)cc2)cc1)(OF)OF. The van der Waals surface area contributed by atoms with Gasteiger partial charge in [-0.25, -0.2) is 0 Å². The molecule has 0 radical (unpaired) electrons. The van der Waals surface area contributed by atoms with Gasteiger partial charge in [-0.1, -0.05) is 48.5 Å². The highest BCUT2D eigenvalue weighted by molar-refractivity contribution is 7.52. The Morgan fingerprint density at radius 3 is 1.57 bits per heavy atom. The molecule has 0 saturated heterocycles. The van der Waals surface area contributed by atoms with Crippen molar-refractivity contribution in [1.29, 1.82) is 0 Å². The van der Waals surface area contributed by atoms with Crippen LogP contribution in [0.2, 0.25) is 0 Å². The van der Waals surface area contributed by atoms with Crippen LogP contribution in [0.5, 0.6) is 0 Å². The molecule has 0 aliphatic heterocycles. The molecular weight excluding hydrogens is 450 g/mol. The number of halogens is 4. The zero-order chi connectivity index (χ0) is 22.4. The average Bonchev–Trinajstić information content (AvgIpc) is 2.72. The van der Waals surface area contributed by atoms with Gasteiger partial charge < -0.3 is 9.79 Å². The molecule has 0 unspecified atom stereocenters. The van der Waals surface area contributed by atoms with E-state index in [2.05, 4.69) is 9.46 Å². The van der Waals surface area contributed by atoms with Gasteiger partial charge in [-0.2, -0.15) is 8.78 Å². The van der Waals surface area contributed by atoms with Crippen LogP contribution in [0.4, 0.5) is 17.8 Å². The molecule has 0 amide bonds. The zero-order valence-electron chi connectivity index (χ0n) is 15.6. The van der Waals surface area contributed by atoms with Crippen LogP contribution < -0.4 is 0 Å². The third-order valence-electron chi connectivity index (χ3n) is 4.46. The number of hydrogen-bond acceptors (Lipinski definition) is 4. The molecule has 166 valence electrons. The van der Waals surface area contributed by atoms with Gasteiger partial charge in [-0.05, 0) is 51.4 Å². The molecule has 0 aromatic heterocycles. The van der Waals surface area contributed by atoms with Crippen molar-refractivity contribution in [2.45, 2.75) is 37.5 Å². The summed E-state index contributed by atoms with van der Waals surface area (Å²) in [7, 11) is -10.0. The second-order valence-corrected chi connectivity index (χ2v) is 10.2. The summed E-state index contributed by atoms with van der Waals surface area (Å²) in [5.74, 6) is 0. The van der Waals surface area contributed by atoms with E-state index in [1.54, 1.807) is 24.3 Å². The Labute approximate surface area is 170 Å². The Kier molecular flexibility index (Phi) is 8.39. The minimum atomic E-state index is -5.58. The first-order chi connectivity index (χ1) is 14.0. The molecule has 0 heterocycles. The summed E-state index contributed by atoms with van der Waals surface area (Å²) in [5.41, 5.74) is -2.89. The molecule has 2 rings (SSSR count). The highest BCUT2D eigenvalue weighted by atomic mass is 31.2. The third-order valence-corrected chi connectivity index (χ3v) is 6.62. The Hall–Kier alpha value is -1.54. The molecule has 2 aromatic rings. The summed E-state index contributed by atoms with van der Waals surface area (Å²) < 4.78 is 79.8. The lowest BCUT2D eigenvalue weighted by molar-refractivity contribution is -0.0881. The fourth-order valence-corrected chi connectivity index (χ4v) is 4.06. The molecule has 0 bridgehead atoms. The van der Waals surface area contributed by atoms with Gasteiger partial charge in [0.05, 0.1) is 6.16 Å². The molecule has 0 aliphatic rings. The van der Waals surface area contributed by atoms with Crippen LogP contribution >= 0.6 is 15.2 Å². The van der Waals surface area contributed by atoms with E-state index in [9.17, 15) is 27.0 Å². The maximum Gasteiger partial charge on any atom is 0.399 e. The van der Waals surface area contributed by atoms with E-state index in [1.165, 1.54) is 12.1 Å². The van der Waals surface area contributed by atoms with E-state index in [-0.39, 0.29) is 0 Å². The summed E-state index contributed by atoms with van der Waals surface area (Å²) in [6, 6.07) is 11.4. The maximum atomic E-state index is 13.6. The lowest BCUT2D eigenvalue weighted by Gasteiger charge is -2.18. The van der Waals surface area contributed by atoms with Crippen molar-refractivity contribution in [1.82, 2.24) is 0 Å². The summed E-state index contributed by atoms with van der Waals surface area (Å²) in [4.78, 5) is 17.5. The quantitative estimate of drug-likeness (QED) is 0.239. The molecule has 0 atom stereocenters. The summed E-state index contributed by atoms with van der Waals surface area (Å²) in [6.07, 6.45) is 2.23. The first kappa shape index (κ1) is 24.7. The molecular formula is C18H20F4O6P2. The second kappa shape index (κ2) is 10.2. The van der Waals surface area contributed by atoms with Gasteiger partial charge in [0.15, 0.2) is 0 Å². The first-order valence-corrected chi connectivity index (χ1v) is 12.2. The number of unbranched alkanes of at least 4 members (excludes halogenated alkanes) is 1. The molecule has 0 saturated carbocycles. The molecule has 2 N–H and O–H groups in total. The highest BCUT2D eigenvalue weighted by Crippen LogP contribution is 2.59. The molecule has 0 aliphatic carbocycles. The van der Waals surface area contributed by atoms with Gasteiger partial charge in [-0.3, -0.25) is 9.13 Å². The van der Waals surface area contributed by atoms with Crippen molar-refractivity contribution < 1.29 is 46.2 Å². The van der Waals surface area contributed by atoms with Crippen molar-refractivity contribution in [2.75, 3.05) is 0 Å². The standard InChI is InChI=1S/C18H20F4O6P2/c19-18(20,30(24,25)26)17-11-9-15(10-12-17)4-2-1-3-14-5-7-16(8-6-14)13-29(23,27-21)28-22/h5-12H,1-4,13H2,(H2,24,25,26). The van der Waals surface area contributed by atoms with Crippen LogP contribution in [0, 0.1) is 0 Å². The van der Waals surface area contributed by atoms with Gasteiger partial charge >= 0.3 is 20.9 Å². The number of hydrogen-bond donors (Lipinski definition) is 2. The number of aryl methyl sites for hydroxylation is 2. The topological polar surface area (TPSA) is 93.1 Å². The Morgan fingerprint density at radius 1 is 0.767 bits per heavy atom. The van der Waals surface area contributed by atoms with E-state index in [4.69, 9.17) is 9.79 Å². The van der Waals surface area contributed by atoms with Gasteiger partial charge in [0.1, 0.15) is 0 Å². The molecule has 2 aromatic carbocycles. The van der Waals surface area contributed by atoms with Crippen LogP contribution in [0.3, 0.4) is 0 Å². The van der Waals surface area contributed by atoms with E-state index in [0.717, 1.165) is 36.1 Å². The highest BCUT2D eigenvalue weighted by Gasteiger charge is 2.50.